The number of likely N-dealkylation sites (tertiary alicyclic amines) is 1. The van der Waals surface area contributed by atoms with Gasteiger partial charge < -0.3 is 10.6 Å². The first-order valence-electron chi connectivity index (χ1n) is 6.78. The molecule has 5 nitrogen and oxygen atoms in total. The summed E-state index contributed by atoms with van der Waals surface area (Å²) >= 11 is 0. The minimum atomic E-state index is 0.126. The van der Waals surface area contributed by atoms with Crippen molar-refractivity contribution in [3.63, 3.8) is 0 Å². The smallest absolute Gasteiger partial charge is 0.233 e. The summed E-state index contributed by atoms with van der Waals surface area (Å²) in [5, 5.41) is 0. The Labute approximate surface area is 108 Å². The highest BCUT2D eigenvalue weighted by molar-refractivity contribution is 5.79. The minimum absolute atomic E-state index is 0.126. The van der Waals surface area contributed by atoms with E-state index in [0.29, 0.717) is 19.4 Å². The number of carbonyl (C=O) groups is 1. The van der Waals surface area contributed by atoms with Gasteiger partial charge in [0.25, 0.3) is 0 Å². The van der Waals surface area contributed by atoms with Crippen molar-refractivity contribution in [1.29, 1.82) is 0 Å². The first-order chi connectivity index (χ1) is 8.81. The Kier molecular flexibility index (Phi) is 4.90. The molecular formula is C13H22N4O. The molecule has 0 aromatic carbocycles. The van der Waals surface area contributed by atoms with E-state index in [1.54, 1.807) is 17.1 Å². The molecule has 1 aromatic heterocycles. The van der Waals surface area contributed by atoms with Gasteiger partial charge in [0.05, 0.1) is 0 Å². The lowest BCUT2D eigenvalue weighted by atomic mass is 10.1. The molecule has 2 heterocycles. The molecule has 0 aliphatic carbocycles. The summed E-state index contributed by atoms with van der Waals surface area (Å²) in [6, 6.07) is 0. The molecule has 1 aliphatic heterocycles. The highest BCUT2D eigenvalue weighted by Crippen LogP contribution is 2.09. The lowest BCUT2D eigenvalue weighted by molar-refractivity contribution is 0.0875. The number of nitrogens with two attached hydrogens (primary N) is 1. The van der Waals surface area contributed by atoms with Gasteiger partial charge in [0.1, 0.15) is 6.33 Å². The van der Waals surface area contributed by atoms with Crippen LogP contribution in [0.2, 0.25) is 0 Å². The highest BCUT2D eigenvalue weighted by Gasteiger charge is 2.14. The van der Waals surface area contributed by atoms with Crippen LogP contribution in [0.1, 0.15) is 36.2 Å². The van der Waals surface area contributed by atoms with Crippen LogP contribution in [-0.4, -0.2) is 46.5 Å². The largest absolute Gasteiger partial charge is 0.330 e. The molecule has 0 bridgehead atoms. The second kappa shape index (κ2) is 6.66. The standard InChI is InChI=1S/C13H22N4O/c14-6-4-12-10-15-11-17(12)13(18)5-9-16-7-2-1-3-8-16/h10-11H,1-9,14H2. The third-order valence-electron chi connectivity index (χ3n) is 3.47. The monoisotopic (exact) mass is 250 g/mol. The van der Waals surface area contributed by atoms with Crippen molar-refractivity contribution >= 4 is 5.91 Å². The summed E-state index contributed by atoms with van der Waals surface area (Å²) in [4.78, 5) is 18.5. The van der Waals surface area contributed by atoms with Gasteiger partial charge in [0.2, 0.25) is 5.91 Å². The van der Waals surface area contributed by atoms with Gasteiger partial charge in [0, 0.05) is 31.3 Å². The summed E-state index contributed by atoms with van der Waals surface area (Å²) in [6.45, 7) is 3.67. The van der Waals surface area contributed by atoms with Crippen molar-refractivity contribution in [3.05, 3.63) is 18.2 Å². The van der Waals surface area contributed by atoms with E-state index in [9.17, 15) is 4.79 Å². The number of rotatable bonds is 5. The van der Waals surface area contributed by atoms with Crippen LogP contribution in [0.15, 0.2) is 12.5 Å². The highest BCUT2D eigenvalue weighted by atomic mass is 16.2. The van der Waals surface area contributed by atoms with Crippen LogP contribution in [0.5, 0.6) is 0 Å². The summed E-state index contributed by atoms with van der Waals surface area (Å²) in [7, 11) is 0. The third-order valence-corrected chi connectivity index (χ3v) is 3.47. The minimum Gasteiger partial charge on any atom is -0.330 e. The van der Waals surface area contributed by atoms with E-state index in [2.05, 4.69) is 9.88 Å². The fourth-order valence-electron chi connectivity index (χ4n) is 2.44. The summed E-state index contributed by atoms with van der Waals surface area (Å²) in [5.74, 6) is 0.126. The predicted octanol–water partition coefficient (Wildman–Crippen LogP) is 0.900. The molecule has 18 heavy (non-hydrogen) atoms. The summed E-state index contributed by atoms with van der Waals surface area (Å²) < 4.78 is 1.65. The van der Waals surface area contributed by atoms with Crippen molar-refractivity contribution in [3.8, 4) is 0 Å². The van der Waals surface area contributed by atoms with Crippen LogP contribution in [0.3, 0.4) is 0 Å². The van der Waals surface area contributed by atoms with Crippen LogP contribution in [0.25, 0.3) is 0 Å². The zero-order valence-electron chi connectivity index (χ0n) is 10.8. The topological polar surface area (TPSA) is 64.1 Å². The van der Waals surface area contributed by atoms with E-state index < -0.39 is 0 Å². The van der Waals surface area contributed by atoms with Gasteiger partial charge in [-0.25, -0.2) is 4.98 Å². The van der Waals surface area contributed by atoms with Gasteiger partial charge in [-0.2, -0.15) is 0 Å². The second-order valence-electron chi connectivity index (χ2n) is 4.84. The van der Waals surface area contributed by atoms with Gasteiger partial charge in [-0.15, -0.1) is 0 Å². The average molecular weight is 250 g/mol. The summed E-state index contributed by atoms with van der Waals surface area (Å²) in [6.07, 6.45) is 8.45. The Morgan fingerprint density at radius 1 is 1.33 bits per heavy atom. The maximum absolute atomic E-state index is 12.1. The van der Waals surface area contributed by atoms with Crippen molar-refractivity contribution in [2.75, 3.05) is 26.2 Å². The Morgan fingerprint density at radius 2 is 2.11 bits per heavy atom. The predicted molar refractivity (Wildman–Crippen MR) is 70.5 cm³/mol. The number of nitrogens with zero attached hydrogens (tertiary/aromatic N) is 3. The molecule has 1 aromatic rings. The first-order valence-corrected chi connectivity index (χ1v) is 6.78. The SMILES string of the molecule is NCCc1cncn1C(=O)CCN1CCCCC1. The lowest BCUT2D eigenvalue weighted by Gasteiger charge is -2.26. The molecule has 0 amide bonds. The first kappa shape index (κ1) is 13.2. The average Bonchev–Trinajstić information content (AvgIpc) is 2.86. The quantitative estimate of drug-likeness (QED) is 0.843. The van der Waals surface area contributed by atoms with Gasteiger partial charge >= 0.3 is 0 Å². The lowest BCUT2D eigenvalue weighted by Crippen LogP contribution is -2.32. The number of hydrogen-bond donors (Lipinski definition) is 1. The Bertz CT molecular complexity index is 382. The van der Waals surface area contributed by atoms with Crippen LogP contribution < -0.4 is 5.73 Å². The molecule has 1 aliphatic rings. The maximum Gasteiger partial charge on any atom is 0.233 e. The van der Waals surface area contributed by atoms with Gasteiger partial charge in [-0.3, -0.25) is 9.36 Å². The molecule has 0 spiro atoms. The van der Waals surface area contributed by atoms with Crippen molar-refractivity contribution in [1.82, 2.24) is 14.5 Å². The molecular weight excluding hydrogens is 228 g/mol. The fraction of sp³-hybridized carbons (Fsp3) is 0.692. The molecule has 1 fully saturated rings. The van der Waals surface area contributed by atoms with Gasteiger partial charge in [-0.05, 0) is 32.5 Å². The third kappa shape index (κ3) is 3.40. The molecule has 100 valence electrons. The zero-order valence-corrected chi connectivity index (χ0v) is 10.8. The number of aromatic nitrogens is 2. The van der Waals surface area contributed by atoms with E-state index in [1.165, 1.54) is 19.3 Å². The zero-order chi connectivity index (χ0) is 12.8. The van der Waals surface area contributed by atoms with Gasteiger partial charge in [-0.1, -0.05) is 6.42 Å². The van der Waals surface area contributed by atoms with E-state index in [1.807, 2.05) is 0 Å². The van der Waals surface area contributed by atoms with E-state index >= 15 is 0 Å². The van der Waals surface area contributed by atoms with Gasteiger partial charge in [0.15, 0.2) is 0 Å². The molecule has 2 rings (SSSR count). The molecule has 0 atom stereocenters. The fourth-order valence-corrected chi connectivity index (χ4v) is 2.44. The molecule has 5 heteroatoms. The number of hydrogen-bond acceptors (Lipinski definition) is 4. The maximum atomic E-state index is 12.1. The number of carbonyl (C=O) groups excluding carboxylic acids is 1. The molecule has 0 saturated carbocycles. The molecule has 2 N–H and O–H groups in total. The van der Waals surface area contributed by atoms with Crippen molar-refractivity contribution < 1.29 is 4.79 Å². The van der Waals surface area contributed by atoms with E-state index in [4.69, 9.17) is 5.73 Å². The van der Waals surface area contributed by atoms with Crippen LogP contribution in [0, 0.1) is 0 Å². The normalized spacial score (nSPS) is 16.9. The van der Waals surface area contributed by atoms with E-state index in [0.717, 1.165) is 25.3 Å². The second-order valence-corrected chi connectivity index (χ2v) is 4.84. The molecule has 1 saturated heterocycles. The van der Waals surface area contributed by atoms with Crippen molar-refractivity contribution in [2.24, 2.45) is 5.73 Å². The van der Waals surface area contributed by atoms with Crippen LogP contribution in [0.4, 0.5) is 0 Å². The Morgan fingerprint density at radius 3 is 2.83 bits per heavy atom. The Hall–Kier alpha value is -1.20. The number of piperidine rings is 1. The number of imidazole rings is 1. The molecule has 0 unspecified atom stereocenters. The summed E-state index contributed by atoms with van der Waals surface area (Å²) in [5.41, 5.74) is 6.44. The van der Waals surface area contributed by atoms with Crippen LogP contribution in [-0.2, 0) is 6.42 Å². The van der Waals surface area contributed by atoms with E-state index in [-0.39, 0.29) is 5.91 Å². The Balaban J connectivity index is 1.84. The van der Waals surface area contributed by atoms with Crippen LogP contribution >= 0.6 is 0 Å². The molecule has 0 radical (unpaired) electrons. The van der Waals surface area contributed by atoms with Crippen molar-refractivity contribution in [2.45, 2.75) is 32.1 Å².